The van der Waals surface area contributed by atoms with Crippen LogP contribution in [0.1, 0.15) is 16.4 Å². The van der Waals surface area contributed by atoms with E-state index in [0.29, 0.717) is 11.5 Å². The van der Waals surface area contributed by atoms with Gasteiger partial charge in [0.1, 0.15) is 5.01 Å². The second-order valence-electron chi connectivity index (χ2n) is 6.60. The van der Waals surface area contributed by atoms with Crippen molar-refractivity contribution in [1.29, 1.82) is 0 Å². The Kier molecular flexibility index (Phi) is 3.63. The van der Waals surface area contributed by atoms with Crippen molar-refractivity contribution in [3.63, 3.8) is 0 Å². The molecule has 0 saturated carbocycles. The number of aromatic nitrogens is 4. The summed E-state index contributed by atoms with van der Waals surface area (Å²) in [5.41, 5.74) is 3.05. The summed E-state index contributed by atoms with van der Waals surface area (Å²) in [6, 6.07) is 9.74. The van der Waals surface area contributed by atoms with Crippen LogP contribution in [0.15, 0.2) is 35.1 Å². The predicted octanol–water partition coefficient (Wildman–Crippen LogP) is 3.08. The summed E-state index contributed by atoms with van der Waals surface area (Å²) in [5, 5.41) is 7.26. The molecule has 26 heavy (non-hydrogen) atoms. The van der Waals surface area contributed by atoms with Gasteiger partial charge in [0.2, 0.25) is 4.96 Å². The molecule has 8 heteroatoms. The SMILES string of the molecule is Cc1cc(=O)n2nc(CN3CCn4c(cc5c(Cl)cccc54)C3)sc2n1. The first kappa shape index (κ1) is 16.0. The predicted molar refractivity (Wildman–Crippen MR) is 103 cm³/mol. The maximum atomic E-state index is 12.0. The molecule has 0 bridgehead atoms. The van der Waals surface area contributed by atoms with Crippen LogP contribution in [0, 0.1) is 6.92 Å². The molecular formula is C18H16ClN5OS. The van der Waals surface area contributed by atoms with Crippen LogP contribution in [0.5, 0.6) is 0 Å². The molecule has 1 aliphatic rings. The highest BCUT2D eigenvalue weighted by molar-refractivity contribution is 7.16. The first-order valence-electron chi connectivity index (χ1n) is 8.44. The van der Waals surface area contributed by atoms with Crippen LogP contribution in [-0.2, 0) is 19.6 Å². The molecule has 1 aliphatic heterocycles. The molecule has 132 valence electrons. The van der Waals surface area contributed by atoms with Gasteiger partial charge in [-0.3, -0.25) is 9.69 Å². The Labute approximate surface area is 158 Å². The fourth-order valence-electron chi connectivity index (χ4n) is 3.60. The van der Waals surface area contributed by atoms with Crippen molar-refractivity contribution in [2.24, 2.45) is 0 Å². The van der Waals surface area contributed by atoms with E-state index in [1.165, 1.54) is 33.1 Å². The molecule has 0 unspecified atom stereocenters. The van der Waals surface area contributed by atoms with Crippen LogP contribution in [-0.4, -0.2) is 30.6 Å². The Morgan fingerprint density at radius 3 is 3.04 bits per heavy atom. The number of aryl methyl sites for hydroxylation is 1. The van der Waals surface area contributed by atoms with Crippen LogP contribution in [0.2, 0.25) is 5.02 Å². The second-order valence-corrected chi connectivity index (χ2v) is 8.04. The van der Waals surface area contributed by atoms with Crippen molar-refractivity contribution in [2.45, 2.75) is 26.6 Å². The molecule has 0 atom stereocenters. The minimum Gasteiger partial charge on any atom is -0.342 e. The Balaban J connectivity index is 1.45. The van der Waals surface area contributed by atoms with Gasteiger partial charge in [-0.25, -0.2) is 4.98 Å². The number of halogens is 1. The van der Waals surface area contributed by atoms with Crippen molar-refractivity contribution in [3.8, 4) is 0 Å². The minimum absolute atomic E-state index is 0.122. The molecule has 1 aromatic carbocycles. The lowest BCUT2D eigenvalue weighted by Gasteiger charge is -2.28. The summed E-state index contributed by atoms with van der Waals surface area (Å²) >= 11 is 7.82. The molecule has 0 radical (unpaired) electrons. The summed E-state index contributed by atoms with van der Waals surface area (Å²) in [6.45, 7) is 5.22. The van der Waals surface area contributed by atoms with E-state index >= 15 is 0 Å². The van der Waals surface area contributed by atoms with Gasteiger partial charge in [0.15, 0.2) is 0 Å². The molecule has 5 rings (SSSR count). The quantitative estimate of drug-likeness (QED) is 0.532. The lowest BCUT2D eigenvalue weighted by Crippen LogP contribution is -2.32. The molecule has 0 N–H and O–H groups in total. The van der Waals surface area contributed by atoms with E-state index in [2.05, 4.69) is 31.7 Å². The maximum Gasteiger partial charge on any atom is 0.275 e. The number of hydrogen-bond donors (Lipinski definition) is 0. The van der Waals surface area contributed by atoms with Gasteiger partial charge in [-0.15, -0.1) is 0 Å². The van der Waals surface area contributed by atoms with Gasteiger partial charge in [-0.05, 0) is 25.1 Å². The van der Waals surface area contributed by atoms with Gasteiger partial charge in [-0.2, -0.15) is 9.61 Å². The summed E-state index contributed by atoms with van der Waals surface area (Å²) in [6.07, 6.45) is 0. The topological polar surface area (TPSA) is 55.4 Å². The molecule has 0 aliphatic carbocycles. The van der Waals surface area contributed by atoms with Gasteiger partial charge in [0, 0.05) is 53.0 Å². The number of fused-ring (bicyclic) bond motifs is 4. The summed E-state index contributed by atoms with van der Waals surface area (Å²) in [5.74, 6) is 0. The number of benzene rings is 1. The van der Waals surface area contributed by atoms with Crippen LogP contribution in [0.25, 0.3) is 15.9 Å². The highest BCUT2D eigenvalue weighted by Gasteiger charge is 2.21. The zero-order valence-electron chi connectivity index (χ0n) is 14.1. The Hall–Kier alpha value is -2.22. The second kappa shape index (κ2) is 5.90. The highest BCUT2D eigenvalue weighted by Crippen LogP contribution is 2.30. The van der Waals surface area contributed by atoms with Crippen LogP contribution in [0.4, 0.5) is 0 Å². The van der Waals surface area contributed by atoms with Crippen molar-refractivity contribution in [1.82, 2.24) is 24.1 Å². The fourth-order valence-corrected chi connectivity index (χ4v) is 4.81. The molecule has 3 aromatic heterocycles. The normalized spacial score (nSPS) is 15.0. The summed E-state index contributed by atoms with van der Waals surface area (Å²) < 4.78 is 3.74. The maximum absolute atomic E-state index is 12.0. The van der Waals surface area contributed by atoms with Crippen LogP contribution in [0.3, 0.4) is 0 Å². The van der Waals surface area contributed by atoms with Crippen LogP contribution >= 0.6 is 22.9 Å². The average molecular weight is 386 g/mol. The van der Waals surface area contributed by atoms with Crippen molar-refractivity contribution >= 4 is 38.8 Å². The van der Waals surface area contributed by atoms with E-state index in [0.717, 1.165) is 40.7 Å². The standard InChI is InChI=1S/C18H16ClN5OS/c1-11-7-17(25)24-18(20-11)26-16(21-24)10-22-5-6-23-12(9-22)8-13-14(19)3-2-4-15(13)23/h2-4,7-8H,5-6,9-10H2,1H3. The van der Waals surface area contributed by atoms with E-state index in [4.69, 9.17) is 11.6 Å². The molecule has 4 heterocycles. The summed E-state index contributed by atoms with van der Waals surface area (Å²) in [7, 11) is 0. The van der Waals surface area contributed by atoms with E-state index in [-0.39, 0.29) is 5.56 Å². The van der Waals surface area contributed by atoms with Crippen molar-refractivity contribution in [2.75, 3.05) is 6.54 Å². The monoisotopic (exact) mass is 385 g/mol. The fraction of sp³-hybridized carbons (Fsp3) is 0.278. The lowest BCUT2D eigenvalue weighted by atomic mass is 10.2. The zero-order valence-corrected chi connectivity index (χ0v) is 15.7. The van der Waals surface area contributed by atoms with Gasteiger partial charge in [-0.1, -0.05) is 29.0 Å². The summed E-state index contributed by atoms with van der Waals surface area (Å²) in [4.78, 5) is 19.4. The van der Waals surface area contributed by atoms with Gasteiger partial charge >= 0.3 is 0 Å². The molecule has 0 amide bonds. The molecule has 0 spiro atoms. The van der Waals surface area contributed by atoms with E-state index in [1.54, 1.807) is 0 Å². The van der Waals surface area contributed by atoms with Gasteiger partial charge in [0.25, 0.3) is 5.56 Å². The first-order chi connectivity index (χ1) is 12.6. The highest BCUT2D eigenvalue weighted by atomic mass is 35.5. The minimum atomic E-state index is -0.122. The van der Waals surface area contributed by atoms with Crippen molar-refractivity contribution < 1.29 is 0 Å². The number of hydrogen-bond acceptors (Lipinski definition) is 5. The molecule has 6 nitrogen and oxygen atoms in total. The Bertz CT molecular complexity index is 1210. The smallest absolute Gasteiger partial charge is 0.275 e. The molecule has 0 saturated heterocycles. The third kappa shape index (κ3) is 2.55. The molecule has 4 aromatic rings. The van der Waals surface area contributed by atoms with Crippen molar-refractivity contribution in [3.05, 3.63) is 62.1 Å². The number of rotatable bonds is 2. The van der Waals surface area contributed by atoms with E-state index in [9.17, 15) is 4.79 Å². The third-order valence-electron chi connectivity index (χ3n) is 4.78. The van der Waals surface area contributed by atoms with E-state index in [1.807, 2.05) is 19.1 Å². The zero-order chi connectivity index (χ0) is 17.8. The van der Waals surface area contributed by atoms with Gasteiger partial charge in [0.05, 0.1) is 6.54 Å². The first-order valence-corrected chi connectivity index (χ1v) is 9.63. The average Bonchev–Trinajstić information content (AvgIpc) is 3.16. The lowest BCUT2D eigenvalue weighted by molar-refractivity contribution is 0.214. The third-order valence-corrected chi connectivity index (χ3v) is 6.00. The number of nitrogens with zero attached hydrogens (tertiary/aromatic N) is 5. The van der Waals surface area contributed by atoms with E-state index < -0.39 is 0 Å². The Morgan fingerprint density at radius 2 is 2.15 bits per heavy atom. The molecular weight excluding hydrogens is 370 g/mol. The Morgan fingerprint density at radius 1 is 1.27 bits per heavy atom. The van der Waals surface area contributed by atoms with Crippen LogP contribution < -0.4 is 5.56 Å². The molecule has 0 fully saturated rings. The van der Waals surface area contributed by atoms with Gasteiger partial charge < -0.3 is 4.57 Å². The largest absolute Gasteiger partial charge is 0.342 e.